The summed E-state index contributed by atoms with van der Waals surface area (Å²) in [5, 5.41) is 9.41. The van der Waals surface area contributed by atoms with Crippen molar-refractivity contribution in [3.8, 4) is 0 Å². The monoisotopic (exact) mass is 189 g/mol. The number of hydrogen-bond donors (Lipinski definition) is 1. The van der Waals surface area contributed by atoms with Gasteiger partial charge in [0.05, 0.1) is 12.7 Å². The van der Waals surface area contributed by atoms with Crippen molar-refractivity contribution in [3.63, 3.8) is 0 Å². The van der Waals surface area contributed by atoms with Gasteiger partial charge in [0.25, 0.3) is 0 Å². The molecule has 0 aliphatic rings. The van der Waals surface area contributed by atoms with Gasteiger partial charge in [-0.15, -0.1) is 0 Å². The summed E-state index contributed by atoms with van der Waals surface area (Å²) in [4.78, 5) is 2.23. The Morgan fingerprint density at radius 1 is 1.38 bits per heavy atom. The Labute approximate surface area is 81.7 Å². The zero-order valence-electron chi connectivity index (χ0n) is 9.50. The van der Waals surface area contributed by atoms with Gasteiger partial charge in [0.15, 0.2) is 0 Å². The van der Waals surface area contributed by atoms with E-state index >= 15 is 0 Å². The van der Waals surface area contributed by atoms with Crippen LogP contribution in [0.5, 0.6) is 0 Å². The van der Waals surface area contributed by atoms with Crippen molar-refractivity contribution in [2.24, 2.45) is 0 Å². The molecule has 0 saturated heterocycles. The number of aliphatic hydroxyl groups is 1. The van der Waals surface area contributed by atoms with Crippen molar-refractivity contribution < 1.29 is 9.84 Å². The van der Waals surface area contributed by atoms with Crippen molar-refractivity contribution >= 4 is 0 Å². The van der Waals surface area contributed by atoms with Crippen molar-refractivity contribution in [2.45, 2.75) is 38.8 Å². The zero-order valence-corrected chi connectivity index (χ0v) is 9.50. The predicted octanol–water partition coefficient (Wildman–Crippen LogP) is 1.11. The summed E-state index contributed by atoms with van der Waals surface area (Å²) in [6.07, 6.45) is 0.427. The molecule has 13 heavy (non-hydrogen) atoms. The Bertz CT molecular complexity index is 131. The normalized spacial score (nSPS) is 15.0. The lowest BCUT2D eigenvalue weighted by molar-refractivity contribution is 0.0459. The molecule has 3 nitrogen and oxygen atoms in total. The molecular formula is C10H23NO2. The molecule has 0 aromatic rings. The quantitative estimate of drug-likeness (QED) is 0.703. The maximum absolute atomic E-state index is 9.41. The van der Waals surface area contributed by atoms with E-state index in [1.54, 1.807) is 7.11 Å². The van der Waals surface area contributed by atoms with Crippen LogP contribution in [-0.2, 0) is 4.74 Å². The van der Waals surface area contributed by atoms with Gasteiger partial charge in [-0.25, -0.2) is 0 Å². The van der Waals surface area contributed by atoms with E-state index in [1.165, 1.54) is 0 Å². The Kier molecular flexibility index (Phi) is 5.53. The van der Waals surface area contributed by atoms with Crippen LogP contribution in [0.4, 0.5) is 0 Å². The first kappa shape index (κ1) is 12.9. The van der Waals surface area contributed by atoms with Gasteiger partial charge in [-0.3, -0.25) is 0 Å². The third-order valence-electron chi connectivity index (χ3n) is 2.30. The van der Waals surface area contributed by atoms with Crippen molar-refractivity contribution in [2.75, 3.05) is 27.3 Å². The SMILES string of the molecule is COCC(O)CCN(C)C(C)(C)C. The average molecular weight is 189 g/mol. The van der Waals surface area contributed by atoms with Crippen LogP contribution in [0.1, 0.15) is 27.2 Å². The number of hydrogen-bond acceptors (Lipinski definition) is 3. The van der Waals surface area contributed by atoms with Gasteiger partial charge in [0.1, 0.15) is 0 Å². The standard InChI is InChI=1S/C10H23NO2/c1-10(2,3)11(4)7-6-9(12)8-13-5/h9,12H,6-8H2,1-5H3. The molecule has 0 spiro atoms. The highest BCUT2D eigenvalue weighted by atomic mass is 16.5. The first-order chi connectivity index (χ1) is 5.88. The molecule has 0 fully saturated rings. The minimum Gasteiger partial charge on any atom is -0.391 e. The largest absolute Gasteiger partial charge is 0.391 e. The summed E-state index contributed by atoms with van der Waals surface area (Å²) in [7, 11) is 3.68. The van der Waals surface area contributed by atoms with E-state index in [-0.39, 0.29) is 11.6 Å². The number of rotatable bonds is 5. The van der Waals surface area contributed by atoms with Crippen molar-refractivity contribution in [1.82, 2.24) is 4.90 Å². The fourth-order valence-corrected chi connectivity index (χ4v) is 0.954. The molecule has 1 unspecified atom stereocenters. The van der Waals surface area contributed by atoms with Crippen LogP contribution in [0.25, 0.3) is 0 Å². The Balaban J connectivity index is 3.63. The third kappa shape index (κ3) is 6.02. The van der Waals surface area contributed by atoms with Crippen LogP contribution < -0.4 is 0 Å². The van der Waals surface area contributed by atoms with Crippen LogP contribution in [-0.4, -0.2) is 49.0 Å². The molecule has 80 valence electrons. The highest BCUT2D eigenvalue weighted by Crippen LogP contribution is 2.11. The second-order valence-electron chi connectivity index (χ2n) is 4.49. The van der Waals surface area contributed by atoms with Crippen molar-refractivity contribution in [1.29, 1.82) is 0 Å². The lowest BCUT2D eigenvalue weighted by Gasteiger charge is -2.32. The fraction of sp³-hybridized carbons (Fsp3) is 1.00. The predicted molar refractivity (Wildman–Crippen MR) is 54.9 cm³/mol. The molecule has 0 radical (unpaired) electrons. The molecule has 1 N–H and O–H groups in total. The fourth-order valence-electron chi connectivity index (χ4n) is 0.954. The molecule has 0 aromatic carbocycles. The van der Waals surface area contributed by atoms with Gasteiger partial charge < -0.3 is 14.7 Å². The van der Waals surface area contributed by atoms with E-state index in [0.717, 1.165) is 13.0 Å². The van der Waals surface area contributed by atoms with E-state index in [2.05, 4.69) is 32.7 Å². The Morgan fingerprint density at radius 3 is 2.31 bits per heavy atom. The van der Waals surface area contributed by atoms with Crippen LogP contribution >= 0.6 is 0 Å². The molecule has 0 aliphatic carbocycles. The molecule has 0 bridgehead atoms. The molecular weight excluding hydrogens is 166 g/mol. The summed E-state index contributed by atoms with van der Waals surface area (Å²) in [5.41, 5.74) is 0.173. The van der Waals surface area contributed by atoms with Crippen LogP contribution in [0, 0.1) is 0 Å². The lowest BCUT2D eigenvalue weighted by atomic mass is 10.1. The highest BCUT2D eigenvalue weighted by Gasteiger charge is 2.17. The van der Waals surface area contributed by atoms with E-state index in [0.29, 0.717) is 6.61 Å². The molecule has 0 aromatic heterocycles. The maximum Gasteiger partial charge on any atom is 0.0785 e. The van der Waals surface area contributed by atoms with E-state index in [9.17, 15) is 5.11 Å². The topological polar surface area (TPSA) is 32.7 Å². The van der Waals surface area contributed by atoms with E-state index in [4.69, 9.17) is 4.74 Å². The third-order valence-corrected chi connectivity index (χ3v) is 2.30. The number of aliphatic hydroxyl groups excluding tert-OH is 1. The highest BCUT2D eigenvalue weighted by molar-refractivity contribution is 4.73. The number of methoxy groups -OCH3 is 1. The zero-order chi connectivity index (χ0) is 10.5. The average Bonchev–Trinajstić information content (AvgIpc) is 1.99. The minimum absolute atomic E-state index is 0.173. The van der Waals surface area contributed by atoms with Gasteiger partial charge in [-0.1, -0.05) is 0 Å². The second-order valence-corrected chi connectivity index (χ2v) is 4.49. The Morgan fingerprint density at radius 2 is 1.92 bits per heavy atom. The first-order valence-electron chi connectivity index (χ1n) is 4.76. The van der Waals surface area contributed by atoms with E-state index in [1.807, 2.05) is 0 Å². The summed E-state index contributed by atoms with van der Waals surface area (Å²) in [6, 6.07) is 0. The Hall–Kier alpha value is -0.120. The molecule has 1 atom stereocenters. The minimum atomic E-state index is -0.338. The second kappa shape index (κ2) is 5.58. The maximum atomic E-state index is 9.41. The molecule has 0 rings (SSSR count). The van der Waals surface area contributed by atoms with Crippen LogP contribution in [0.3, 0.4) is 0 Å². The molecule has 0 amide bonds. The lowest BCUT2D eigenvalue weighted by Crippen LogP contribution is -2.39. The van der Waals surface area contributed by atoms with Crippen molar-refractivity contribution in [3.05, 3.63) is 0 Å². The van der Waals surface area contributed by atoms with Crippen LogP contribution in [0.2, 0.25) is 0 Å². The molecule has 0 aliphatic heterocycles. The number of ether oxygens (including phenoxy) is 1. The van der Waals surface area contributed by atoms with Gasteiger partial charge in [-0.05, 0) is 34.2 Å². The van der Waals surface area contributed by atoms with E-state index < -0.39 is 0 Å². The van der Waals surface area contributed by atoms with Gasteiger partial charge in [0, 0.05) is 19.2 Å². The summed E-state index contributed by atoms with van der Waals surface area (Å²) >= 11 is 0. The summed E-state index contributed by atoms with van der Waals surface area (Å²) in [5.74, 6) is 0. The summed E-state index contributed by atoms with van der Waals surface area (Å²) in [6.45, 7) is 7.81. The van der Waals surface area contributed by atoms with Gasteiger partial charge >= 0.3 is 0 Å². The smallest absolute Gasteiger partial charge is 0.0785 e. The number of nitrogens with zero attached hydrogens (tertiary/aromatic N) is 1. The molecule has 3 heteroatoms. The molecule has 0 saturated carbocycles. The summed E-state index contributed by atoms with van der Waals surface area (Å²) < 4.78 is 4.85. The van der Waals surface area contributed by atoms with Gasteiger partial charge in [-0.2, -0.15) is 0 Å². The van der Waals surface area contributed by atoms with Gasteiger partial charge in [0.2, 0.25) is 0 Å². The first-order valence-corrected chi connectivity index (χ1v) is 4.76. The van der Waals surface area contributed by atoms with Crippen LogP contribution in [0.15, 0.2) is 0 Å². The molecule has 0 heterocycles.